The van der Waals surface area contributed by atoms with Gasteiger partial charge in [-0.1, -0.05) is 24.6 Å². The largest absolute Gasteiger partial charge is 0.312 e. The molecule has 1 saturated carbocycles. The highest BCUT2D eigenvalue weighted by Gasteiger charge is 2.28. The Morgan fingerprint density at radius 3 is 2.57 bits per heavy atom. The van der Waals surface area contributed by atoms with Crippen LogP contribution >= 0.6 is 0 Å². The molecule has 1 fully saturated rings. The van der Waals surface area contributed by atoms with E-state index < -0.39 is 0 Å². The molecule has 1 nitrogen and oxygen atoms in total. The van der Waals surface area contributed by atoms with Gasteiger partial charge in [0.15, 0.2) is 0 Å². The molecule has 2 aliphatic carbocycles. The summed E-state index contributed by atoms with van der Waals surface area (Å²) < 4.78 is 0. The molecule has 0 aliphatic heterocycles. The zero-order valence-electron chi connectivity index (χ0n) is 14.0. The summed E-state index contributed by atoms with van der Waals surface area (Å²) in [7, 11) is 0. The lowest BCUT2D eigenvalue weighted by atomic mass is 9.88. The van der Waals surface area contributed by atoms with E-state index in [1.165, 1.54) is 51.5 Å². The molecule has 2 atom stereocenters. The van der Waals surface area contributed by atoms with Gasteiger partial charge in [0.1, 0.15) is 0 Å². The predicted molar refractivity (Wildman–Crippen MR) is 90.8 cm³/mol. The van der Waals surface area contributed by atoms with Gasteiger partial charge >= 0.3 is 0 Å². The minimum absolute atomic E-state index is 0.251. The molecule has 0 saturated heterocycles. The summed E-state index contributed by atoms with van der Waals surface area (Å²) in [6.07, 6.45) is 9.53. The standard InChI is InChI=1S/C20H31N/c1-20(2,3)21-14-19-9-5-8-18(19)13-15-10-11-16-6-4-7-17(16)12-15/h10-12,18-19,21H,4-9,13-14H2,1-3H3. The lowest BCUT2D eigenvalue weighted by molar-refractivity contribution is 0.317. The maximum absolute atomic E-state index is 3.72. The zero-order chi connectivity index (χ0) is 14.9. The molecule has 1 N–H and O–H groups in total. The fourth-order valence-electron chi connectivity index (χ4n) is 4.14. The summed E-state index contributed by atoms with van der Waals surface area (Å²) in [6, 6.07) is 7.31. The van der Waals surface area contributed by atoms with Gasteiger partial charge in [0.05, 0.1) is 0 Å². The van der Waals surface area contributed by atoms with Crippen molar-refractivity contribution in [3.8, 4) is 0 Å². The molecular weight excluding hydrogens is 254 g/mol. The Bertz CT molecular complexity index is 483. The van der Waals surface area contributed by atoms with Crippen LogP contribution in [0.4, 0.5) is 0 Å². The van der Waals surface area contributed by atoms with Crippen LogP contribution in [0.25, 0.3) is 0 Å². The molecule has 0 amide bonds. The average molecular weight is 285 g/mol. The smallest absolute Gasteiger partial charge is 0.00966 e. The van der Waals surface area contributed by atoms with E-state index in [1.807, 2.05) is 0 Å². The highest BCUT2D eigenvalue weighted by atomic mass is 14.9. The number of benzene rings is 1. The van der Waals surface area contributed by atoms with Crippen molar-refractivity contribution >= 4 is 0 Å². The van der Waals surface area contributed by atoms with Gasteiger partial charge in [-0.25, -0.2) is 0 Å². The first-order valence-electron chi connectivity index (χ1n) is 8.87. The first-order chi connectivity index (χ1) is 10.0. The average Bonchev–Trinajstić information content (AvgIpc) is 3.04. The van der Waals surface area contributed by atoms with Crippen molar-refractivity contribution in [1.82, 2.24) is 5.32 Å². The minimum atomic E-state index is 0.251. The Balaban J connectivity index is 1.61. The van der Waals surface area contributed by atoms with E-state index in [-0.39, 0.29) is 5.54 Å². The van der Waals surface area contributed by atoms with Gasteiger partial charge in [-0.05, 0) is 94.4 Å². The summed E-state index contributed by atoms with van der Waals surface area (Å²) in [6.45, 7) is 8.02. The predicted octanol–water partition coefficient (Wildman–Crippen LogP) is 4.52. The lowest BCUT2D eigenvalue weighted by Crippen LogP contribution is -2.40. The van der Waals surface area contributed by atoms with Gasteiger partial charge in [0.2, 0.25) is 0 Å². The maximum atomic E-state index is 3.72. The van der Waals surface area contributed by atoms with Gasteiger partial charge in [-0.15, -0.1) is 0 Å². The van der Waals surface area contributed by atoms with E-state index in [9.17, 15) is 0 Å². The molecule has 1 aromatic carbocycles. The second-order valence-electron chi connectivity index (χ2n) is 8.24. The van der Waals surface area contributed by atoms with E-state index in [0.29, 0.717) is 0 Å². The summed E-state index contributed by atoms with van der Waals surface area (Å²) in [5, 5.41) is 3.72. The number of fused-ring (bicyclic) bond motifs is 1. The van der Waals surface area contributed by atoms with Crippen molar-refractivity contribution in [2.75, 3.05) is 6.54 Å². The second-order valence-corrected chi connectivity index (χ2v) is 8.24. The maximum Gasteiger partial charge on any atom is 0.00966 e. The molecule has 1 heteroatoms. The molecule has 0 spiro atoms. The lowest BCUT2D eigenvalue weighted by Gasteiger charge is -2.26. The van der Waals surface area contributed by atoms with E-state index in [1.54, 1.807) is 16.7 Å². The van der Waals surface area contributed by atoms with Gasteiger partial charge in [-0.3, -0.25) is 0 Å². The van der Waals surface area contributed by atoms with Gasteiger partial charge in [-0.2, -0.15) is 0 Å². The highest BCUT2D eigenvalue weighted by Crippen LogP contribution is 2.35. The SMILES string of the molecule is CC(C)(C)NCC1CCCC1Cc1ccc2c(c1)CCC2. The van der Waals surface area contributed by atoms with E-state index >= 15 is 0 Å². The van der Waals surface area contributed by atoms with Crippen LogP contribution in [-0.2, 0) is 19.3 Å². The quantitative estimate of drug-likeness (QED) is 0.857. The summed E-state index contributed by atoms with van der Waals surface area (Å²) in [4.78, 5) is 0. The van der Waals surface area contributed by atoms with Crippen LogP contribution in [-0.4, -0.2) is 12.1 Å². The molecule has 116 valence electrons. The molecule has 0 bridgehead atoms. The van der Waals surface area contributed by atoms with Gasteiger partial charge in [0, 0.05) is 5.54 Å². The van der Waals surface area contributed by atoms with Crippen LogP contribution < -0.4 is 5.32 Å². The van der Waals surface area contributed by atoms with Crippen LogP contribution in [0.1, 0.15) is 63.1 Å². The molecule has 2 unspecified atom stereocenters. The summed E-state index contributed by atoms with van der Waals surface area (Å²) in [5.74, 6) is 1.76. The fraction of sp³-hybridized carbons (Fsp3) is 0.700. The Labute approximate surface area is 130 Å². The highest BCUT2D eigenvalue weighted by molar-refractivity contribution is 5.35. The van der Waals surface area contributed by atoms with Crippen molar-refractivity contribution < 1.29 is 0 Å². The molecular formula is C20H31N. The molecule has 0 heterocycles. The Kier molecular flexibility index (Phi) is 4.40. The molecule has 0 radical (unpaired) electrons. The molecule has 21 heavy (non-hydrogen) atoms. The third-order valence-electron chi connectivity index (χ3n) is 5.37. The van der Waals surface area contributed by atoms with Gasteiger partial charge in [0.25, 0.3) is 0 Å². The van der Waals surface area contributed by atoms with Crippen molar-refractivity contribution in [1.29, 1.82) is 0 Å². The monoisotopic (exact) mass is 285 g/mol. The van der Waals surface area contributed by atoms with Crippen LogP contribution in [0.15, 0.2) is 18.2 Å². The van der Waals surface area contributed by atoms with Gasteiger partial charge < -0.3 is 5.32 Å². The number of hydrogen-bond acceptors (Lipinski definition) is 1. The summed E-state index contributed by atoms with van der Waals surface area (Å²) in [5.41, 5.74) is 5.08. The Morgan fingerprint density at radius 1 is 1.00 bits per heavy atom. The van der Waals surface area contributed by atoms with Crippen molar-refractivity contribution in [2.45, 2.75) is 71.3 Å². The Hall–Kier alpha value is -0.820. The van der Waals surface area contributed by atoms with E-state index in [2.05, 4.69) is 44.3 Å². The van der Waals surface area contributed by atoms with E-state index in [0.717, 1.165) is 11.8 Å². The molecule has 2 aliphatic rings. The molecule has 3 rings (SSSR count). The van der Waals surface area contributed by atoms with Crippen molar-refractivity contribution in [3.63, 3.8) is 0 Å². The molecule has 0 aromatic heterocycles. The third-order valence-corrected chi connectivity index (χ3v) is 5.37. The topological polar surface area (TPSA) is 12.0 Å². The summed E-state index contributed by atoms with van der Waals surface area (Å²) >= 11 is 0. The van der Waals surface area contributed by atoms with Crippen LogP contribution in [0.3, 0.4) is 0 Å². The first kappa shape index (κ1) is 15.1. The van der Waals surface area contributed by atoms with Crippen molar-refractivity contribution in [3.05, 3.63) is 34.9 Å². The number of aryl methyl sites for hydroxylation is 2. The first-order valence-corrected chi connectivity index (χ1v) is 8.87. The van der Waals surface area contributed by atoms with Crippen molar-refractivity contribution in [2.24, 2.45) is 11.8 Å². The number of hydrogen-bond donors (Lipinski definition) is 1. The third kappa shape index (κ3) is 3.88. The normalized spacial score (nSPS) is 25.3. The van der Waals surface area contributed by atoms with Crippen LogP contribution in [0.5, 0.6) is 0 Å². The second kappa shape index (κ2) is 6.12. The zero-order valence-corrected chi connectivity index (χ0v) is 14.0. The number of rotatable bonds is 4. The molecule has 1 aromatic rings. The Morgan fingerprint density at radius 2 is 1.76 bits per heavy atom. The minimum Gasteiger partial charge on any atom is -0.312 e. The van der Waals surface area contributed by atoms with E-state index in [4.69, 9.17) is 0 Å². The fourth-order valence-corrected chi connectivity index (χ4v) is 4.14. The van der Waals surface area contributed by atoms with Crippen LogP contribution in [0.2, 0.25) is 0 Å². The van der Waals surface area contributed by atoms with Crippen LogP contribution in [0, 0.1) is 11.8 Å². The number of nitrogens with one attached hydrogen (secondary N) is 1.